The summed E-state index contributed by atoms with van der Waals surface area (Å²) in [5.41, 5.74) is 3.79. The van der Waals surface area contributed by atoms with E-state index in [9.17, 15) is 4.79 Å². The fraction of sp³-hybridized carbons (Fsp3) is 0.538. The van der Waals surface area contributed by atoms with Crippen molar-refractivity contribution in [3.63, 3.8) is 0 Å². The van der Waals surface area contributed by atoms with Crippen molar-refractivity contribution >= 4 is 5.97 Å². The van der Waals surface area contributed by atoms with Crippen LogP contribution in [0.5, 0.6) is 0 Å². The van der Waals surface area contributed by atoms with E-state index in [1.165, 1.54) is 5.56 Å². The van der Waals surface area contributed by atoms with E-state index in [2.05, 4.69) is 17.2 Å². The van der Waals surface area contributed by atoms with Gasteiger partial charge in [0.05, 0.1) is 12.3 Å². The molecule has 0 amide bonds. The summed E-state index contributed by atoms with van der Waals surface area (Å²) in [4.78, 5) is 16.0. The molecule has 4 nitrogen and oxygen atoms in total. The molecule has 0 radical (unpaired) electrons. The number of carbonyl (C=O) groups is 1. The van der Waals surface area contributed by atoms with Crippen LogP contribution in [0, 0.1) is 6.92 Å². The van der Waals surface area contributed by atoms with Crippen molar-refractivity contribution in [2.45, 2.75) is 39.8 Å². The fourth-order valence-corrected chi connectivity index (χ4v) is 2.15. The van der Waals surface area contributed by atoms with Gasteiger partial charge in [-0.2, -0.15) is 0 Å². The van der Waals surface area contributed by atoms with Gasteiger partial charge in [-0.3, -0.25) is 0 Å². The third-order valence-corrected chi connectivity index (χ3v) is 3.05. The van der Waals surface area contributed by atoms with E-state index in [1.807, 2.05) is 13.0 Å². The first kappa shape index (κ1) is 12.0. The van der Waals surface area contributed by atoms with Crippen LogP contribution in [-0.2, 0) is 17.7 Å². The number of ether oxygens (including phenoxy) is 1. The zero-order valence-electron chi connectivity index (χ0n) is 10.5. The second-order valence-corrected chi connectivity index (χ2v) is 4.46. The highest BCUT2D eigenvalue weighted by Gasteiger charge is 2.20. The van der Waals surface area contributed by atoms with Crippen LogP contribution in [-0.4, -0.2) is 23.6 Å². The van der Waals surface area contributed by atoms with E-state index < -0.39 is 0 Å². The molecule has 1 aliphatic rings. The number of esters is 1. The van der Waals surface area contributed by atoms with Gasteiger partial charge in [0.1, 0.15) is 5.69 Å². The van der Waals surface area contributed by atoms with Crippen LogP contribution in [0.3, 0.4) is 0 Å². The number of hydrogen-bond donors (Lipinski definition) is 1. The molecule has 1 aromatic heterocycles. The lowest BCUT2D eigenvalue weighted by Crippen LogP contribution is -2.34. The Hall–Kier alpha value is -1.42. The Morgan fingerprint density at radius 3 is 3.12 bits per heavy atom. The van der Waals surface area contributed by atoms with Crippen LogP contribution in [0.1, 0.15) is 41.2 Å². The maximum Gasteiger partial charge on any atom is 0.356 e. The molecule has 2 heterocycles. The number of fused-ring (bicyclic) bond motifs is 1. The molecular formula is C13H18N2O2. The smallest absolute Gasteiger partial charge is 0.356 e. The molecule has 0 fully saturated rings. The summed E-state index contributed by atoms with van der Waals surface area (Å²) in [6, 6.07) is 2.30. The average molecular weight is 234 g/mol. The molecule has 1 aromatic rings. The number of carbonyl (C=O) groups excluding carboxylic acids is 1. The van der Waals surface area contributed by atoms with Crippen molar-refractivity contribution in [2.75, 3.05) is 6.61 Å². The zero-order valence-corrected chi connectivity index (χ0v) is 10.5. The van der Waals surface area contributed by atoms with Crippen molar-refractivity contribution in [1.29, 1.82) is 0 Å². The molecule has 17 heavy (non-hydrogen) atoms. The predicted molar refractivity (Wildman–Crippen MR) is 64.9 cm³/mol. The van der Waals surface area contributed by atoms with Gasteiger partial charge < -0.3 is 10.1 Å². The molecule has 0 aromatic carbocycles. The highest BCUT2D eigenvalue weighted by Crippen LogP contribution is 2.20. The fourth-order valence-electron chi connectivity index (χ4n) is 2.15. The lowest BCUT2D eigenvalue weighted by Gasteiger charge is -2.24. The number of aryl methyl sites for hydroxylation is 1. The molecule has 0 spiro atoms. The molecule has 0 aliphatic carbocycles. The minimum Gasteiger partial charge on any atom is -0.461 e. The summed E-state index contributed by atoms with van der Waals surface area (Å²) < 4.78 is 4.97. The molecule has 0 bridgehead atoms. The van der Waals surface area contributed by atoms with Crippen LogP contribution in [0.2, 0.25) is 0 Å². The van der Waals surface area contributed by atoms with E-state index in [0.29, 0.717) is 18.3 Å². The minimum absolute atomic E-state index is 0.336. The van der Waals surface area contributed by atoms with Crippen LogP contribution in [0.4, 0.5) is 0 Å². The largest absolute Gasteiger partial charge is 0.461 e. The first-order valence-corrected chi connectivity index (χ1v) is 6.01. The second-order valence-electron chi connectivity index (χ2n) is 4.46. The molecule has 1 atom stereocenters. The summed E-state index contributed by atoms with van der Waals surface area (Å²) in [6.07, 6.45) is 0.970. The maximum atomic E-state index is 11.6. The SMILES string of the molecule is CCOC(=O)c1cc(C)c2c(n1)CNC(C)C2. The number of nitrogens with one attached hydrogen (secondary N) is 1. The first-order valence-electron chi connectivity index (χ1n) is 6.01. The predicted octanol–water partition coefficient (Wildman–Crippen LogP) is 1.60. The van der Waals surface area contributed by atoms with Crippen molar-refractivity contribution in [1.82, 2.24) is 10.3 Å². The molecule has 92 valence electrons. The number of pyridine rings is 1. The minimum atomic E-state index is -0.336. The summed E-state index contributed by atoms with van der Waals surface area (Å²) in [6.45, 7) is 7.09. The van der Waals surface area contributed by atoms with Crippen molar-refractivity contribution in [2.24, 2.45) is 0 Å². The zero-order chi connectivity index (χ0) is 12.4. The van der Waals surface area contributed by atoms with Crippen LogP contribution >= 0.6 is 0 Å². The number of nitrogens with zero attached hydrogens (tertiary/aromatic N) is 1. The Morgan fingerprint density at radius 2 is 2.41 bits per heavy atom. The van der Waals surface area contributed by atoms with Gasteiger partial charge in [0.25, 0.3) is 0 Å². The van der Waals surface area contributed by atoms with E-state index >= 15 is 0 Å². The van der Waals surface area contributed by atoms with E-state index in [0.717, 1.165) is 24.2 Å². The van der Waals surface area contributed by atoms with Gasteiger partial charge in [-0.1, -0.05) is 0 Å². The van der Waals surface area contributed by atoms with Gasteiger partial charge in [-0.15, -0.1) is 0 Å². The Labute approximate surface area is 101 Å². The van der Waals surface area contributed by atoms with Gasteiger partial charge in [-0.05, 0) is 44.4 Å². The third kappa shape index (κ3) is 2.47. The van der Waals surface area contributed by atoms with E-state index in [-0.39, 0.29) is 5.97 Å². The molecule has 0 saturated carbocycles. The van der Waals surface area contributed by atoms with Gasteiger partial charge in [0.15, 0.2) is 0 Å². The Kier molecular flexibility index (Phi) is 3.43. The second kappa shape index (κ2) is 4.84. The van der Waals surface area contributed by atoms with Gasteiger partial charge >= 0.3 is 5.97 Å². The topological polar surface area (TPSA) is 51.2 Å². The van der Waals surface area contributed by atoms with Crippen LogP contribution in [0.15, 0.2) is 6.07 Å². The van der Waals surface area contributed by atoms with Crippen molar-refractivity contribution in [3.8, 4) is 0 Å². The number of rotatable bonds is 2. The first-order chi connectivity index (χ1) is 8.11. The lowest BCUT2D eigenvalue weighted by atomic mass is 9.96. The van der Waals surface area contributed by atoms with Crippen molar-refractivity contribution < 1.29 is 9.53 Å². The summed E-state index contributed by atoms with van der Waals surface area (Å²) in [7, 11) is 0. The molecule has 2 rings (SSSR count). The van der Waals surface area contributed by atoms with Gasteiger partial charge in [-0.25, -0.2) is 9.78 Å². The Balaban J connectivity index is 2.34. The summed E-state index contributed by atoms with van der Waals surface area (Å²) >= 11 is 0. The molecular weight excluding hydrogens is 216 g/mol. The van der Waals surface area contributed by atoms with E-state index in [4.69, 9.17) is 4.74 Å². The third-order valence-electron chi connectivity index (χ3n) is 3.05. The standard InChI is InChI=1S/C13H18N2O2/c1-4-17-13(16)11-5-8(2)10-6-9(3)14-7-12(10)15-11/h5,9,14H,4,6-7H2,1-3H3. The molecule has 4 heteroatoms. The molecule has 0 saturated heterocycles. The highest BCUT2D eigenvalue weighted by atomic mass is 16.5. The van der Waals surface area contributed by atoms with Crippen molar-refractivity contribution in [3.05, 3.63) is 28.6 Å². The average Bonchev–Trinajstić information content (AvgIpc) is 2.30. The molecule has 1 unspecified atom stereocenters. The normalized spacial score (nSPS) is 18.6. The monoisotopic (exact) mass is 234 g/mol. The van der Waals surface area contributed by atoms with Crippen LogP contribution in [0.25, 0.3) is 0 Å². The Morgan fingerprint density at radius 1 is 1.65 bits per heavy atom. The Bertz CT molecular complexity index is 443. The highest BCUT2D eigenvalue weighted by molar-refractivity contribution is 5.87. The molecule has 1 N–H and O–H groups in total. The quantitative estimate of drug-likeness (QED) is 0.790. The molecule has 1 aliphatic heterocycles. The van der Waals surface area contributed by atoms with E-state index in [1.54, 1.807) is 6.92 Å². The lowest BCUT2D eigenvalue weighted by molar-refractivity contribution is 0.0519. The van der Waals surface area contributed by atoms with Gasteiger partial charge in [0, 0.05) is 12.6 Å². The van der Waals surface area contributed by atoms with Gasteiger partial charge in [0.2, 0.25) is 0 Å². The summed E-state index contributed by atoms with van der Waals surface area (Å²) in [5.74, 6) is -0.336. The maximum absolute atomic E-state index is 11.6. The summed E-state index contributed by atoms with van der Waals surface area (Å²) in [5, 5.41) is 3.35. The number of hydrogen-bond acceptors (Lipinski definition) is 4. The van der Waals surface area contributed by atoms with Crippen LogP contribution < -0.4 is 5.32 Å². The number of aromatic nitrogens is 1.